The largest absolute Gasteiger partial charge is 0.337 e. The van der Waals surface area contributed by atoms with Crippen LogP contribution in [0.2, 0.25) is 0 Å². The van der Waals surface area contributed by atoms with E-state index in [1.165, 1.54) is 0 Å². The molecule has 0 saturated carbocycles. The number of hydrogen-bond donors (Lipinski definition) is 0. The fraction of sp³-hybridized carbons (Fsp3) is 0.400. The molecule has 2 aliphatic rings. The van der Waals surface area contributed by atoms with Crippen LogP contribution in [0.15, 0.2) is 42.7 Å². The van der Waals surface area contributed by atoms with Crippen molar-refractivity contribution in [2.24, 2.45) is 0 Å². The maximum atomic E-state index is 13.2. The van der Waals surface area contributed by atoms with Gasteiger partial charge in [0.25, 0.3) is 0 Å². The molecule has 1 saturated heterocycles. The fourth-order valence-electron chi connectivity index (χ4n) is 3.85. The topological polar surface area (TPSA) is 69.6 Å². The van der Waals surface area contributed by atoms with Crippen molar-refractivity contribution in [3.63, 3.8) is 0 Å². The molecule has 1 aromatic heterocycles. The van der Waals surface area contributed by atoms with E-state index >= 15 is 0 Å². The molecule has 7 nitrogen and oxygen atoms in total. The Balaban J connectivity index is 1.48. The smallest absolute Gasteiger partial charge is 0.246 e. The number of fused-ring (bicyclic) bond motifs is 1. The zero-order valence-electron chi connectivity index (χ0n) is 15.4. The van der Waals surface area contributed by atoms with Crippen LogP contribution >= 0.6 is 0 Å². The van der Waals surface area contributed by atoms with Gasteiger partial charge in [0.1, 0.15) is 6.04 Å². The number of carbonyl (C=O) groups excluding carboxylic acids is 2. The second kappa shape index (κ2) is 7.34. The van der Waals surface area contributed by atoms with E-state index in [1.54, 1.807) is 23.4 Å². The standard InChI is InChI=1S/C20H23N5O2/c1-2-18(26)25-16-7-4-3-6-15(16)14-17(25)19(27)23-10-12-24(13-11-23)20-21-8-5-9-22-20/h3-9,17H,2,10-14H2,1H3. The number of carbonyl (C=O) groups is 2. The lowest BCUT2D eigenvalue weighted by molar-refractivity contribution is -0.134. The van der Waals surface area contributed by atoms with Crippen LogP contribution in [-0.2, 0) is 16.0 Å². The summed E-state index contributed by atoms with van der Waals surface area (Å²) in [6.45, 7) is 4.44. The lowest BCUT2D eigenvalue weighted by atomic mass is 10.1. The molecule has 0 radical (unpaired) electrons. The first-order chi connectivity index (χ1) is 13.2. The first-order valence-corrected chi connectivity index (χ1v) is 9.39. The molecule has 27 heavy (non-hydrogen) atoms. The first kappa shape index (κ1) is 17.5. The molecule has 0 aliphatic carbocycles. The molecular formula is C20H23N5O2. The number of rotatable bonds is 3. The molecule has 1 atom stereocenters. The van der Waals surface area contributed by atoms with Crippen LogP contribution < -0.4 is 9.80 Å². The molecule has 0 spiro atoms. The summed E-state index contributed by atoms with van der Waals surface area (Å²) < 4.78 is 0. The number of aromatic nitrogens is 2. The van der Waals surface area contributed by atoms with E-state index in [-0.39, 0.29) is 11.8 Å². The Labute approximate surface area is 158 Å². The highest BCUT2D eigenvalue weighted by molar-refractivity contribution is 6.03. The molecule has 0 N–H and O–H groups in total. The SMILES string of the molecule is CCC(=O)N1c2ccccc2CC1C(=O)N1CCN(c2ncccn2)CC1. The van der Waals surface area contributed by atoms with Crippen LogP contribution in [0.25, 0.3) is 0 Å². The quantitative estimate of drug-likeness (QED) is 0.824. The van der Waals surface area contributed by atoms with Crippen LogP contribution in [0.1, 0.15) is 18.9 Å². The molecule has 2 aromatic rings. The van der Waals surface area contributed by atoms with E-state index < -0.39 is 6.04 Å². The van der Waals surface area contributed by atoms with E-state index in [0.29, 0.717) is 45.0 Å². The summed E-state index contributed by atoms with van der Waals surface area (Å²) >= 11 is 0. The summed E-state index contributed by atoms with van der Waals surface area (Å²) in [6, 6.07) is 9.17. The molecule has 2 amide bonds. The molecule has 1 fully saturated rings. The van der Waals surface area contributed by atoms with Gasteiger partial charge in [0, 0.05) is 57.1 Å². The van der Waals surface area contributed by atoms with Gasteiger partial charge in [-0.15, -0.1) is 0 Å². The predicted molar refractivity (Wildman–Crippen MR) is 103 cm³/mol. The number of nitrogens with zero attached hydrogens (tertiary/aromatic N) is 5. The molecule has 1 unspecified atom stereocenters. The van der Waals surface area contributed by atoms with Crippen molar-refractivity contribution in [2.45, 2.75) is 25.8 Å². The van der Waals surface area contributed by atoms with Gasteiger partial charge in [-0.05, 0) is 17.7 Å². The van der Waals surface area contributed by atoms with Gasteiger partial charge in [-0.25, -0.2) is 9.97 Å². The third kappa shape index (κ3) is 3.25. The van der Waals surface area contributed by atoms with Crippen LogP contribution in [0.4, 0.5) is 11.6 Å². The summed E-state index contributed by atoms with van der Waals surface area (Å²) in [5.74, 6) is 0.719. The maximum Gasteiger partial charge on any atom is 0.246 e. The highest BCUT2D eigenvalue weighted by atomic mass is 16.2. The second-order valence-corrected chi connectivity index (χ2v) is 6.83. The van der Waals surface area contributed by atoms with Gasteiger partial charge in [0.05, 0.1) is 0 Å². The lowest BCUT2D eigenvalue weighted by Crippen LogP contribution is -2.55. The highest BCUT2D eigenvalue weighted by Crippen LogP contribution is 2.33. The average Bonchev–Trinajstić information content (AvgIpc) is 3.13. The Morgan fingerprint density at radius 1 is 1.04 bits per heavy atom. The number of benzene rings is 1. The van der Waals surface area contributed by atoms with E-state index in [2.05, 4.69) is 14.9 Å². The summed E-state index contributed by atoms with van der Waals surface area (Å²) in [4.78, 5) is 40.0. The predicted octanol–water partition coefficient (Wildman–Crippen LogP) is 1.49. The number of anilines is 2. The normalized spacial score (nSPS) is 19.1. The van der Waals surface area contributed by atoms with E-state index in [4.69, 9.17) is 0 Å². The van der Waals surface area contributed by atoms with Crippen LogP contribution in [-0.4, -0.2) is 58.9 Å². The molecular weight excluding hydrogens is 342 g/mol. The Morgan fingerprint density at radius 3 is 2.44 bits per heavy atom. The van der Waals surface area contributed by atoms with Crippen LogP contribution in [0.3, 0.4) is 0 Å². The lowest BCUT2D eigenvalue weighted by Gasteiger charge is -2.37. The van der Waals surface area contributed by atoms with Crippen molar-refractivity contribution in [3.05, 3.63) is 48.3 Å². The van der Waals surface area contributed by atoms with Crippen molar-refractivity contribution in [1.82, 2.24) is 14.9 Å². The minimum atomic E-state index is -0.436. The molecule has 3 heterocycles. The van der Waals surface area contributed by atoms with Crippen molar-refractivity contribution in [3.8, 4) is 0 Å². The van der Waals surface area contributed by atoms with Gasteiger partial charge < -0.3 is 9.80 Å². The summed E-state index contributed by atoms with van der Waals surface area (Å²) in [5.41, 5.74) is 1.94. The Kier molecular flexibility index (Phi) is 4.75. The van der Waals surface area contributed by atoms with Crippen LogP contribution in [0.5, 0.6) is 0 Å². The minimum Gasteiger partial charge on any atom is -0.337 e. The monoisotopic (exact) mass is 365 g/mol. The molecule has 4 rings (SSSR count). The molecule has 0 bridgehead atoms. The van der Waals surface area contributed by atoms with Gasteiger partial charge in [-0.3, -0.25) is 14.5 Å². The number of amides is 2. The number of hydrogen-bond acceptors (Lipinski definition) is 5. The van der Waals surface area contributed by atoms with Gasteiger partial charge >= 0.3 is 0 Å². The van der Waals surface area contributed by atoms with Crippen molar-refractivity contribution >= 4 is 23.5 Å². The van der Waals surface area contributed by atoms with Gasteiger partial charge in [0.15, 0.2) is 0 Å². The number of piperazine rings is 1. The fourth-order valence-corrected chi connectivity index (χ4v) is 3.85. The Bertz CT molecular complexity index is 833. The Morgan fingerprint density at radius 2 is 1.74 bits per heavy atom. The molecule has 1 aromatic carbocycles. The average molecular weight is 365 g/mol. The maximum absolute atomic E-state index is 13.2. The van der Waals surface area contributed by atoms with Crippen molar-refractivity contribution in [2.75, 3.05) is 36.0 Å². The van der Waals surface area contributed by atoms with Gasteiger partial charge in [-0.2, -0.15) is 0 Å². The van der Waals surface area contributed by atoms with E-state index in [9.17, 15) is 9.59 Å². The summed E-state index contributed by atoms with van der Waals surface area (Å²) in [7, 11) is 0. The van der Waals surface area contributed by atoms with Crippen molar-refractivity contribution < 1.29 is 9.59 Å². The Hall–Kier alpha value is -2.96. The molecule has 7 heteroatoms. The number of para-hydroxylation sites is 1. The molecule has 2 aliphatic heterocycles. The van der Waals surface area contributed by atoms with E-state index in [1.807, 2.05) is 36.1 Å². The first-order valence-electron chi connectivity index (χ1n) is 9.39. The van der Waals surface area contributed by atoms with Crippen molar-refractivity contribution in [1.29, 1.82) is 0 Å². The second-order valence-electron chi connectivity index (χ2n) is 6.83. The third-order valence-corrected chi connectivity index (χ3v) is 5.26. The zero-order valence-corrected chi connectivity index (χ0v) is 15.4. The van der Waals surface area contributed by atoms with Gasteiger partial charge in [-0.1, -0.05) is 25.1 Å². The summed E-state index contributed by atoms with van der Waals surface area (Å²) in [5, 5.41) is 0. The summed E-state index contributed by atoms with van der Waals surface area (Å²) in [6.07, 6.45) is 4.42. The van der Waals surface area contributed by atoms with E-state index in [0.717, 1.165) is 11.3 Å². The zero-order chi connectivity index (χ0) is 18.8. The highest BCUT2D eigenvalue weighted by Gasteiger charge is 2.40. The third-order valence-electron chi connectivity index (χ3n) is 5.26. The van der Waals surface area contributed by atoms with Crippen LogP contribution in [0, 0.1) is 0 Å². The minimum absolute atomic E-state index is 0.00498. The molecule has 140 valence electrons. The van der Waals surface area contributed by atoms with Gasteiger partial charge in [0.2, 0.25) is 17.8 Å².